The number of rotatable bonds is 6. The van der Waals surface area contributed by atoms with E-state index in [1.165, 1.54) is 0 Å². The summed E-state index contributed by atoms with van der Waals surface area (Å²) in [4.78, 5) is 0. The van der Waals surface area contributed by atoms with Crippen LogP contribution in [0.15, 0.2) is 35.1 Å². The molecule has 0 aromatic carbocycles. The van der Waals surface area contributed by atoms with Gasteiger partial charge in [0.05, 0.1) is 31.4 Å². The van der Waals surface area contributed by atoms with Crippen molar-refractivity contribution in [2.24, 2.45) is 0 Å². The van der Waals surface area contributed by atoms with Crippen LogP contribution in [0.5, 0.6) is 5.88 Å². The first-order chi connectivity index (χ1) is 8.83. The lowest BCUT2D eigenvalue weighted by atomic mass is 10.1. The van der Waals surface area contributed by atoms with E-state index in [9.17, 15) is 0 Å². The summed E-state index contributed by atoms with van der Waals surface area (Å²) in [6, 6.07) is 5.84. The highest BCUT2D eigenvalue weighted by Crippen LogP contribution is 2.17. The van der Waals surface area contributed by atoms with Gasteiger partial charge in [-0.15, -0.1) is 5.10 Å². The van der Waals surface area contributed by atoms with Crippen molar-refractivity contribution >= 4 is 0 Å². The highest BCUT2D eigenvalue weighted by molar-refractivity contribution is 5.17. The number of likely N-dealkylation sites (N-methyl/N-ethyl adjacent to an activating group) is 1. The quantitative estimate of drug-likeness (QED) is 0.845. The third-order valence-corrected chi connectivity index (χ3v) is 2.70. The molecule has 0 radical (unpaired) electrons. The molecule has 1 N–H and O–H groups in total. The van der Waals surface area contributed by atoms with Crippen molar-refractivity contribution in [3.05, 3.63) is 42.0 Å². The van der Waals surface area contributed by atoms with Gasteiger partial charge in [-0.25, -0.2) is 0 Å². The second kappa shape index (κ2) is 6.16. The van der Waals surface area contributed by atoms with Crippen molar-refractivity contribution < 1.29 is 9.15 Å². The third-order valence-electron chi connectivity index (χ3n) is 2.70. The van der Waals surface area contributed by atoms with Crippen LogP contribution >= 0.6 is 0 Å². The molecule has 0 aliphatic heterocycles. The van der Waals surface area contributed by atoms with Gasteiger partial charge in [-0.2, -0.15) is 5.10 Å². The van der Waals surface area contributed by atoms with Gasteiger partial charge >= 0.3 is 0 Å². The molecule has 0 spiro atoms. The van der Waals surface area contributed by atoms with Gasteiger partial charge in [0.25, 0.3) is 0 Å². The predicted molar refractivity (Wildman–Crippen MR) is 67.4 cm³/mol. The number of furan rings is 1. The molecule has 0 aliphatic carbocycles. The van der Waals surface area contributed by atoms with Crippen molar-refractivity contribution in [3.63, 3.8) is 0 Å². The van der Waals surface area contributed by atoms with Crippen LogP contribution in [0.1, 0.15) is 24.2 Å². The highest BCUT2D eigenvalue weighted by atomic mass is 16.5. The summed E-state index contributed by atoms with van der Waals surface area (Å²) < 4.78 is 10.1. The van der Waals surface area contributed by atoms with Crippen LogP contribution < -0.4 is 10.1 Å². The second-order valence-corrected chi connectivity index (χ2v) is 3.95. The molecule has 1 unspecified atom stereocenters. The zero-order valence-electron chi connectivity index (χ0n) is 10.6. The molecule has 0 saturated carbocycles. The van der Waals surface area contributed by atoms with Crippen LogP contribution in [-0.4, -0.2) is 23.9 Å². The molecule has 2 rings (SSSR count). The van der Waals surface area contributed by atoms with Crippen LogP contribution in [0, 0.1) is 0 Å². The lowest BCUT2D eigenvalue weighted by molar-refractivity contribution is 0.389. The number of ether oxygens (including phenoxy) is 1. The first-order valence-corrected chi connectivity index (χ1v) is 5.95. The lowest BCUT2D eigenvalue weighted by Crippen LogP contribution is -2.24. The van der Waals surface area contributed by atoms with Crippen molar-refractivity contribution in [3.8, 4) is 5.88 Å². The molecule has 1 atom stereocenters. The maximum atomic E-state index is 5.08. The summed E-state index contributed by atoms with van der Waals surface area (Å²) in [7, 11) is 1.58. The molecule has 0 fully saturated rings. The number of nitrogens with zero attached hydrogens (tertiary/aromatic N) is 2. The standard InChI is InChI=1S/C13H17N3O2/c1-3-14-12(8-10-6-7-18-9-10)11-4-5-13(17-2)16-15-11/h4-7,9,12,14H,3,8H2,1-2H3. The molecule has 5 nitrogen and oxygen atoms in total. The molecule has 2 heterocycles. The molecule has 96 valence electrons. The fraction of sp³-hybridized carbons (Fsp3) is 0.385. The van der Waals surface area contributed by atoms with E-state index < -0.39 is 0 Å². The van der Waals surface area contributed by atoms with Crippen molar-refractivity contribution in [2.45, 2.75) is 19.4 Å². The average Bonchev–Trinajstić information content (AvgIpc) is 2.91. The Morgan fingerprint density at radius 2 is 2.22 bits per heavy atom. The second-order valence-electron chi connectivity index (χ2n) is 3.95. The molecule has 0 amide bonds. The topological polar surface area (TPSA) is 60.2 Å². The molecule has 0 aliphatic rings. The van der Waals surface area contributed by atoms with E-state index in [1.807, 2.05) is 18.2 Å². The Hall–Kier alpha value is -1.88. The van der Waals surface area contributed by atoms with Crippen molar-refractivity contribution in [1.29, 1.82) is 0 Å². The average molecular weight is 247 g/mol. The Bertz CT molecular complexity index is 454. The van der Waals surface area contributed by atoms with Gasteiger partial charge < -0.3 is 14.5 Å². The lowest BCUT2D eigenvalue weighted by Gasteiger charge is -2.16. The third kappa shape index (κ3) is 3.07. The number of aromatic nitrogens is 2. The number of hydrogen-bond acceptors (Lipinski definition) is 5. The Morgan fingerprint density at radius 3 is 2.78 bits per heavy atom. The van der Waals surface area contributed by atoms with E-state index in [0.29, 0.717) is 5.88 Å². The van der Waals surface area contributed by atoms with Gasteiger partial charge in [0, 0.05) is 6.07 Å². The maximum Gasteiger partial charge on any atom is 0.233 e. The largest absolute Gasteiger partial charge is 0.480 e. The summed E-state index contributed by atoms with van der Waals surface area (Å²) in [5.74, 6) is 0.525. The first kappa shape index (κ1) is 12.6. The van der Waals surface area contributed by atoms with Crippen LogP contribution in [0.3, 0.4) is 0 Å². The minimum absolute atomic E-state index is 0.131. The number of methoxy groups -OCH3 is 1. The van der Waals surface area contributed by atoms with E-state index in [-0.39, 0.29) is 6.04 Å². The van der Waals surface area contributed by atoms with Gasteiger partial charge in [-0.3, -0.25) is 0 Å². The van der Waals surface area contributed by atoms with E-state index >= 15 is 0 Å². The minimum Gasteiger partial charge on any atom is -0.480 e. The molecule has 0 bridgehead atoms. The van der Waals surface area contributed by atoms with Crippen molar-refractivity contribution in [1.82, 2.24) is 15.5 Å². The van der Waals surface area contributed by atoms with Crippen LogP contribution in [0.4, 0.5) is 0 Å². The summed E-state index contributed by atoms with van der Waals surface area (Å²) in [5, 5.41) is 11.6. The summed E-state index contributed by atoms with van der Waals surface area (Å²) in [5.41, 5.74) is 2.04. The maximum absolute atomic E-state index is 5.08. The molecule has 5 heteroatoms. The molecule has 2 aromatic heterocycles. The summed E-state index contributed by atoms with van der Waals surface area (Å²) >= 11 is 0. The van der Waals surface area contributed by atoms with Crippen LogP contribution in [0.25, 0.3) is 0 Å². The highest BCUT2D eigenvalue weighted by Gasteiger charge is 2.14. The fourth-order valence-corrected chi connectivity index (χ4v) is 1.80. The summed E-state index contributed by atoms with van der Waals surface area (Å²) in [6.07, 6.45) is 4.25. The smallest absolute Gasteiger partial charge is 0.233 e. The SMILES string of the molecule is CCNC(Cc1ccoc1)c1ccc(OC)nn1. The van der Waals surface area contributed by atoms with Crippen molar-refractivity contribution in [2.75, 3.05) is 13.7 Å². The number of hydrogen-bond donors (Lipinski definition) is 1. The first-order valence-electron chi connectivity index (χ1n) is 5.95. The predicted octanol–water partition coefficient (Wildman–Crippen LogP) is 1.97. The van der Waals surface area contributed by atoms with Gasteiger partial charge in [-0.1, -0.05) is 6.92 Å². The molecular formula is C13H17N3O2. The van der Waals surface area contributed by atoms with E-state index in [4.69, 9.17) is 9.15 Å². The van der Waals surface area contributed by atoms with E-state index in [1.54, 1.807) is 19.6 Å². The minimum atomic E-state index is 0.131. The zero-order chi connectivity index (χ0) is 12.8. The van der Waals surface area contributed by atoms with Crippen LogP contribution in [0.2, 0.25) is 0 Å². The van der Waals surface area contributed by atoms with Gasteiger partial charge in [0.1, 0.15) is 0 Å². The van der Waals surface area contributed by atoms with Gasteiger partial charge in [-0.05, 0) is 30.7 Å². The Labute approximate surface area is 106 Å². The van der Waals surface area contributed by atoms with Gasteiger partial charge in [0.2, 0.25) is 5.88 Å². The Balaban J connectivity index is 2.12. The molecular weight excluding hydrogens is 230 g/mol. The fourth-order valence-electron chi connectivity index (χ4n) is 1.80. The van der Waals surface area contributed by atoms with E-state index in [0.717, 1.165) is 24.2 Å². The zero-order valence-corrected chi connectivity index (χ0v) is 10.6. The number of nitrogens with one attached hydrogen (secondary N) is 1. The van der Waals surface area contributed by atoms with Crippen LogP contribution in [-0.2, 0) is 6.42 Å². The van der Waals surface area contributed by atoms with E-state index in [2.05, 4.69) is 22.4 Å². The normalized spacial score (nSPS) is 12.3. The summed E-state index contributed by atoms with van der Waals surface area (Å²) in [6.45, 7) is 2.94. The molecule has 18 heavy (non-hydrogen) atoms. The molecule has 2 aromatic rings. The molecule has 0 saturated heterocycles. The van der Waals surface area contributed by atoms with Gasteiger partial charge in [0.15, 0.2) is 0 Å². The Morgan fingerprint density at radius 1 is 1.33 bits per heavy atom. The Kier molecular flexibility index (Phi) is 4.30. The monoisotopic (exact) mass is 247 g/mol.